The Labute approximate surface area is 125 Å². The van der Waals surface area contributed by atoms with E-state index >= 15 is 0 Å². The van der Waals surface area contributed by atoms with E-state index < -0.39 is 0 Å². The molecule has 3 heteroatoms. The standard InChI is InChI=1S/C17H33N3/c1-5-11-19-17(4,14-18)10-12-20(13-15(2)3)16-8-6-7-9-16/h15-16,19H,5-13H2,1-4H3. The monoisotopic (exact) mass is 279 g/mol. The first-order valence-electron chi connectivity index (χ1n) is 8.41. The number of nitrogens with zero attached hydrogens (tertiary/aromatic N) is 2. The molecule has 116 valence electrons. The van der Waals surface area contributed by atoms with Crippen LogP contribution >= 0.6 is 0 Å². The summed E-state index contributed by atoms with van der Waals surface area (Å²) in [6, 6.07) is 3.23. The fraction of sp³-hybridized carbons (Fsp3) is 0.941. The van der Waals surface area contributed by atoms with Crippen molar-refractivity contribution in [1.29, 1.82) is 5.26 Å². The molecule has 1 N–H and O–H groups in total. The van der Waals surface area contributed by atoms with Crippen LogP contribution in [0.2, 0.25) is 0 Å². The molecule has 0 saturated heterocycles. The van der Waals surface area contributed by atoms with Gasteiger partial charge in [-0.2, -0.15) is 5.26 Å². The average molecular weight is 279 g/mol. The summed E-state index contributed by atoms with van der Waals surface area (Å²) in [4.78, 5) is 2.64. The number of nitriles is 1. The summed E-state index contributed by atoms with van der Waals surface area (Å²) < 4.78 is 0. The first kappa shape index (κ1) is 17.5. The Morgan fingerprint density at radius 3 is 2.50 bits per heavy atom. The maximum Gasteiger partial charge on any atom is 0.105 e. The highest BCUT2D eigenvalue weighted by Gasteiger charge is 2.27. The summed E-state index contributed by atoms with van der Waals surface area (Å²) in [5.74, 6) is 0.701. The Kier molecular flexibility index (Phi) is 7.55. The molecule has 0 heterocycles. The molecule has 3 nitrogen and oxygen atoms in total. The Morgan fingerprint density at radius 1 is 1.35 bits per heavy atom. The zero-order valence-corrected chi connectivity index (χ0v) is 13.9. The smallest absolute Gasteiger partial charge is 0.105 e. The van der Waals surface area contributed by atoms with Gasteiger partial charge in [-0.1, -0.05) is 33.6 Å². The van der Waals surface area contributed by atoms with Crippen LogP contribution < -0.4 is 5.32 Å². The van der Waals surface area contributed by atoms with Gasteiger partial charge in [-0.15, -0.1) is 0 Å². The van der Waals surface area contributed by atoms with Gasteiger partial charge >= 0.3 is 0 Å². The fourth-order valence-corrected chi connectivity index (χ4v) is 3.11. The van der Waals surface area contributed by atoms with Crippen molar-refractivity contribution in [2.45, 2.75) is 77.8 Å². The minimum atomic E-state index is -0.371. The Morgan fingerprint density at radius 2 is 2.00 bits per heavy atom. The van der Waals surface area contributed by atoms with Crippen molar-refractivity contribution in [2.75, 3.05) is 19.6 Å². The molecule has 0 aromatic heterocycles. The molecule has 0 radical (unpaired) electrons. The van der Waals surface area contributed by atoms with Crippen LogP contribution in [0.25, 0.3) is 0 Å². The first-order chi connectivity index (χ1) is 9.50. The van der Waals surface area contributed by atoms with Crippen molar-refractivity contribution in [2.24, 2.45) is 5.92 Å². The molecule has 0 spiro atoms. The lowest BCUT2D eigenvalue weighted by Crippen LogP contribution is -2.46. The summed E-state index contributed by atoms with van der Waals surface area (Å²) in [5.41, 5.74) is -0.371. The first-order valence-corrected chi connectivity index (χ1v) is 8.41. The van der Waals surface area contributed by atoms with Gasteiger partial charge in [0.15, 0.2) is 0 Å². The van der Waals surface area contributed by atoms with Gasteiger partial charge in [0.1, 0.15) is 5.54 Å². The van der Waals surface area contributed by atoms with E-state index in [0.717, 1.165) is 32.0 Å². The van der Waals surface area contributed by atoms with Gasteiger partial charge < -0.3 is 4.90 Å². The summed E-state index contributed by atoms with van der Waals surface area (Å²) >= 11 is 0. The van der Waals surface area contributed by atoms with Crippen LogP contribution in [-0.2, 0) is 0 Å². The van der Waals surface area contributed by atoms with Crippen molar-refractivity contribution in [3.05, 3.63) is 0 Å². The number of hydrogen-bond acceptors (Lipinski definition) is 3. The third kappa shape index (κ3) is 5.81. The molecule has 1 atom stereocenters. The van der Waals surface area contributed by atoms with Crippen LogP contribution in [0.5, 0.6) is 0 Å². The van der Waals surface area contributed by atoms with Crippen LogP contribution in [0.1, 0.15) is 66.2 Å². The highest BCUT2D eigenvalue weighted by Crippen LogP contribution is 2.25. The van der Waals surface area contributed by atoms with Crippen molar-refractivity contribution in [1.82, 2.24) is 10.2 Å². The molecule has 1 saturated carbocycles. The maximum absolute atomic E-state index is 9.44. The lowest BCUT2D eigenvalue weighted by Gasteiger charge is -2.33. The van der Waals surface area contributed by atoms with Crippen LogP contribution in [-0.4, -0.2) is 36.1 Å². The molecule has 1 aliphatic rings. The third-order valence-corrected chi connectivity index (χ3v) is 4.35. The van der Waals surface area contributed by atoms with E-state index in [1.54, 1.807) is 0 Å². The quantitative estimate of drug-likeness (QED) is 0.701. The molecule has 0 aromatic carbocycles. The SMILES string of the molecule is CCCNC(C)(C#N)CCN(CC(C)C)C1CCCC1. The molecule has 1 aliphatic carbocycles. The van der Waals surface area contributed by atoms with Gasteiger partial charge in [0.05, 0.1) is 6.07 Å². The van der Waals surface area contributed by atoms with Crippen LogP contribution in [0.3, 0.4) is 0 Å². The summed E-state index contributed by atoms with van der Waals surface area (Å²) in [6.45, 7) is 11.9. The number of rotatable bonds is 9. The second-order valence-corrected chi connectivity index (χ2v) is 6.95. The van der Waals surface area contributed by atoms with Crippen molar-refractivity contribution >= 4 is 0 Å². The second-order valence-electron chi connectivity index (χ2n) is 6.95. The van der Waals surface area contributed by atoms with Gasteiger partial charge in [0, 0.05) is 19.1 Å². The van der Waals surface area contributed by atoms with E-state index in [2.05, 4.69) is 37.1 Å². The largest absolute Gasteiger partial charge is 0.300 e. The van der Waals surface area contributed by atoms with Gasteiger partial charge in [0.25, 0.3) is 0 Å². The normalized spacial score (nSPS) is 19.4. The molecule has 0 aromatic rings. The van der Waals surface area contributed by atoms with Crippen molar-refractivity contribution in [3.63, 3.8) is 0 Å². The molecule has 20 heavy (non-hydrogen) atoms. The predicted molar refractivity (Wildman–Crippen MR) is 85.6 cm³/mol. The molecular formula is C17H33N3. The van der Waals surface area contributed by atoms with Gasteiger partial charge in [0.2, 0.25) is 0 Å². The van der Waals surface area contributed by atoms with Gasteiger partial charge in [-0.25, -0.2) is 0 Å². The highest BCUT2D eigenvalue weighted by atomic mass is 15.2. The molecule has 0 bridgehead atoms. The molecule has 1 unspecified atom stereocenters. The molecule has 1 rings (SSSR count). The zero-order valence-electron chi connectivity index (χ0n) is 13.9. The lowest BCUT2D eigenvalue weighted by atomic mass is 9.98. The van der Waals surface area contributed by atoms with E-state index in [4.69, 9.17) is 0 Å². The van der Waals surface area contributed by atoms with Crippen molar-refractivity contribution < 1.29 is 0 Å². The van der Waals surface area contributed by atoms with E-state index in [9.17, 15) is 5.26 Å². The summed E-state index contributed by atoms with van der Waals surface area (Å²) in [7, 11) is 0. The van der Waals surface area contributed by atoms with Crippen LogP contribution in [0, 0.1) is 17.2 Å². The topological polar surface area (TPSA) is 39.1 Å². The number of hydrogen-bond donors (Lipinski definition) is 1. The van der Waals surface area contributed by atoms with E-state index in [0.29, 0.717) is 5.92 Å². The second kappa shape index (κ2) is 8.64. The molecule has 0 aliphatic heterocycles. The third-order valence-electron chi connectivity index (χ3n) is 4.35. The molecule has 0 amide bonds. The Balaban J connectivity index is 2.53. The van der Waals surface area contributed by atoms with Crippen molar-refractivity contribution in [3.8, 4) is 6.07 Å². The lowest BCUT2D eigenvalue weighted by molar-refractivity contribution is 0.163. The summed E-state index contributed by atoms with van der Waals surface area (Å²) in [5, 5.41) is 12.8. The zero-order chi connectivity index (χ0) is 15.0. The Bertz CT molecular complexity index is 302. The minimum absolute atomic E-state index is 0.371. The van der Waals surface area contributed by atoms with E-state index in [-0.39, 0.29) is 5.54 Å². The fourth-order valence-electron chi connectivity index (χ4n) is 3.11. The average Bonchev–Trinajstić information content (AvgIpc) is 2.95. The summed E-state index contributed by atoms with van der Waals surface area (Å²) in [6.07, 6.45) is 7.45. The van der Waals surface area contributed by atoms with Gasteiger partial charge in [-0.05, 0) is 45.1 Å². The van der Waals surface area contributed by atoms with Crippen LogP contribution in [0.15, 0.2) is 0 Å². The van der Waals surface area contributed by atoms with Crippen LogP contribution in [0.4, 0.5) is 0 Å². The van der Waals surface area contributed by atoms with Gasteiger partial charge in [-0.3, -0.25) is 5.32 Å². The Hall–Kier alpha value is -0.590. The van der Waals surface area contributed by atoms with E-state index in [1.807, 2.05) is 6.92 Å². The molecule has 1 fully saturated rings. The maximum atomic E-state index is 9.44. The minimum Gasteiger partial charge on any atom is -0.300 e. The van der Waals surface area contributed by atoms with E-state index in [1.165, 1.54) is 32.2 Å². The number of nitrogens with one attached hydrogen (secondary N) is 1. The molecular weight excluding hydrogens is 246 g/mol. The highest BCUT2D eigenvalue weighted by molar-refractivity contribution is 5.04. The predicted octanol–water partition coefficient (Wildman–Crippen LogP) is 3.56.